The molecule has 0 aromatic heterocycles. The molecule has 0 aliphatic carbocycles. The summed E-state index contributed by atoms with van der Waals surface area (Å²) in [4.78, 5) is 23.2. The van der Waals surface area contributed by atoms with Crippen LogP contribution in [0.3, 0.4) is 0 Å². The maximum atomic E-state index is 12.1. The molecule has 4 heteroatoms. The largest absolute Gasteiger partial charge is 0.355 e. The number of hydrogen-bond acceptors (Lipinski definition) is 2. The third kappa shape index (κ3) is 3.83. The fourth-order valence-corrected chi connectivity index (χ4v) is 2.54. The van der Waals surface area contributed by atoms with Gasteiger partial charge in [-0.05, 0) is 37.8 Å². The first-order valence-electron chi connectivity index (χ1n) is 7.18. The molecule has 1 aromatic rings. The Bertz CT molecular complexity index is 489. The van der Waals surface area contributed by atoms with Crippen LogP contribution in [0.4, 0.5) is 0 Å². The van der Waals surface area contributed by atoms with Crippen LogP contribution in [0.2, 0.25) is 0 Å². The second-order valence-electron chi connectivity index (χ2n) is 5.58. The monoisotopic (exact) mass is 274 g/mol. The van der Waals surface area contributed by atoms with Gasteiger partial charge in [-0.1, -0.05) is 24.3 Å². The van der Waals surface area contributed by atoms with Gasteiger partial charge in [0.25, 0.3) is 0 Å². The third-order valence-electron chi connectivity index (χ3n) is 3.81. The Morgan fingerprint density at radius 3 is 2.85 bits per heavy atom. The van der Waals surface area contributed by atoms with Crippen molar-refractivity contribution < 1.29 is 9.59 Å². The van der Waals surface area contributed by atoms with Crippen molar-refractivity contribution in [2.24, 2.45) is 5.92 Å². The van der Waals surface area contributed by atoms with Gasteiger partial charge in [-0.2, -0.15) is 0 Å². The van der Waals surface area contributed by atoms with E-state index in [0.29, 0.717) is 19.4 Å². The minimum absolute atomic E-state index is 0.0435. The van der Waals surface area contributed by atoms with Gasteiger partial charge in [-0.15, -0.1) is 0 Å². The summed E-state index contributed by atoms with van der Waals surface area (Å²) in [7, 11) is 0. The summed E-state index contributed by atoms with van der Waals surface area (Å²) in [5, 5.41) is 5.80. The minimum Gasteiger partial charge on any atom is -0.355 e. The molecule has 0 unspecified atom stereocenters. The van der Waals surface area contributed by atoms with Crippen LogP contribution in [0.25, 0.3) is 0 Å². The van der Waals surface area contributed by atoms with E-state index in [4.69, 9.17) is 0 Å². The lowest BCUT2D eigenvalue weighted by atomic mass is 9.97. The predicted molar refractivity (Wildman–Crippen MR) is 78.2 cm³/mol. The van der Waals surface area contributed by atoms with Gasteiger partial charge in [-0.3, -0.25) is 9.59 Å². The number of carbonyl (C=O) groups excluding carboxylic acids is 2. The molecule has 1 heterocycles. The van der Waals surface area contributed by atoms with Gasteiger partial charge in [0.15, 0.2) is 0 Å². The van der Waals surface area contributed by atoms with Crippen molar-refractivity contribution in [3.63, 3.8) is 0 Å². The lowest BCUT2D eigenvalue weighted by Crippen LogP contribution is -2.45. The molecule has 4 nitrogen and oxygen atoms in total. The summed E-state index contributed by atoms with van der Waals surface area (Å²) in [6.45, 7) is 4.56. The zero-order valence-electron chi connectivity index (χ0n) is 12.1. The first-order chi connectivity index (χ1) is 9.56. The molecule has 1 aliphatic rings. The van der Waals surface area contributed by atoms with Crippen LogP contribution in [0.1, 0.15) is 30.9 Å². The standard InChI is InChI=1S/C16H22N2O2/c1-11-5-3-4-6-13(11)9-12(2)18-16(20)14-7-8-15(19)17-10-14/h3-6,12,14H,7-10H2,1-2H3,(H,17,19)(H,18,20)/t12-,14+/m1/s1. The van der Waals surface area contributed by atoms with Crippen molar-refractivity contribution in [2.75, 3.05) is 6.54 Å². The number of piperidine rings is 1. The number of aryl methyl sites for hydroxylation is 1. The van der Waals surface area contributed by atoms with E-state index in [-0.39, 0.29) is 23.8 Å². The second-order valence-corrected chi connectivity index (χ2v) is 5.58. The first kappa shape index (κ1) is 14.6. The Labute approximate surface area is 119 Å². The maximum Gasteiger partial charge on any atom is 0.225 e. The minimum atomic E-state index is -0.0907. The molecule has 20 heavy (non-hydrogen) atoms. The average Bonchev–Trinajstić information content (AvgIpc) is 2.42. The molecular formula is C16H22N2O2. The van der Waals surface area contributed by atoms with E-state index >= 15 is 0 Å². The summed E-state index contributed by atoms with van der Waals surface area (Å²) >= 11 is 0. The van der Waals surface area contributed by atoms with Crippen molar-refractivity contribution >= 4 is 11.8 Å². The van der Waals surface area contributed by atoms with E-state index in [9.17, 15) is 9.59 Å². The molecule has 0 bridgehead atoms. The van der Waals surface area contributed by atoms with E-state index in [1.165, 1.54) is 11.1 Å². The van der Waals surface area contributed by atoms with Crippen molar-refractivity contribution in [3.8, 4) is 0 Å². The summed E-state index contributed by atoms with van der Waals surface area (Å²) in [6, 6.07) is 8.32. The number of nitrogens with one attached hydrogen (secondary N) is 2. The van der Waals surface area contributed by atoms with Crippen LogP contribution in [0.5, 0.6) is 0 Å². The summed E-state index contributed by atoms with van der Waals surface area (Å²) in [5.74, 6) is 0.000105. The molecule has 1 aromatic carbocycles. The lowest BCUT2D eigenvalue weighted by Gasteiger charge is -2.24. The van der Waals surface area contributed by atoms with Gasteiger partial charge in [-0.25, -0.2) is 0 Å². The van der Waals surface area contributed by atoms with Crippen LogP contribution in [-0.4, -0.2) is 24.4 Å². The summed E-state index contributed by atoms with van der Waals surface area (Å²) in [5.41, 5.74) is 2.51. The molecule has 2 rings (SSSR count). The molecule has 2 amide bonds. The van der Waals surface area contributed by atoms with Crippen molar-refractivity contribution in [2.45, 2.75) is 39.2 Å². The zero-order valence-corrected chi connectivity index (χ0v) is 12.1. The lowest BCUT2D eigenvalue weighted by molar-refractivity contribution is -0.129. The highest BCUT2D eigenvalue weighted by atomic mass is 16.2. The van der Waals surface area contributed by atoms with E-state index in [1.54, 1.807) is 0 Å². The molecule has 108 valence electrons. The van der Waals surface area contributed by atoms with E-state index in [0.717, 1.165) is 6.42 Å². The SMILES string of the molecule is Cc1ccccc1C[C@@H](C)NC(=O)[C@H]1CCC(=O)NC1. The Morgan fingerprint density at radius 1 is 1.45 bits per heavy atom. The molecular weight excluding hydrogens is 252 g/mol. The van der Waals surface area contributed by atoms with E-state index < -0.39 is 0 Å². The van der Waals surface area contributed by atoms with Gasteiger partial charge >= 0.3 is 0 Å². The van der Waals surface area contributed by atoms with Crippen molar-refractivity contribution in [3.05, 3.63) is 35.4 Å². The highest BCUT2D eigenvalue weighted by Crippen LogP contribution is 2.13. The Hall–Kier alpha value is -1.84. The Balaban J connectivity index is 1.85. The zero-order chi connectivity index (χ0) is 14.5. The number of amides is 2. The maximum absolute atomic E-state index is 12.1. The highest BCUT2D eigenvalue weighted by Gasteiger charge is 2.25. The Morgan fingerprint density at radius 2 is 2.20 bits per heavy atom. The van der Waals surface area contributed by atoms with Crippen LogP contribution < -0.4 is 10.6 Å². The first-order valence-corrected chi connectivity index (χ1v) is 7.18. The number of rotatable bonds is 4. The molecule has 1 aliphatic heterocycles. The Kier molecular flexibility index (Phi) is 4.77. The van der Waals surface area contributed by atoms with E-state index in [2.05, 4.69) is 29.7 Å². The van der Waals surface area contributed by atoms with Crippen molar-refractivity contribution in [1.82, 2.24) is 10.6 Å². The summed E-state index contributed by atoms with van der Waals surface area (Å²) in [6.07, 6.45) is 1.93. The highest BCUT2D eigenvalue weighted by molar-refractivity contribution is 5.83. The molecule has 0 radical (unpaired) electrons. The van der Waals surface area contributed by atoms with Crippen LogP contribution >= 0.6 is 0 Å². The second kappa shape index (κ2) is 6.55. The van der Waals surface area contributed by atoms with Crippen LogP contribution in [0, 0.1) is 12.8 Å². The van der Waals surface area contributed by atoms with Crippen LogP contribution in [-0.2, 0) is 16.0 Å². The molecule has 0 saturated carbocycles. The fourth-order valence-electron chi connectivity index (χ4n) is 2.54. The molecule has 2 N–H and O–H groups in total. The van der Waals surface area contributed by atoms with Crippen molar-refractivity contribution in [1.29, 1.82) is 0 Å². The topological polar surface area (TPSA) is 58.2 Å². The molecule has 1 saturated heterocycles. The normalized spacial score (nSPS) is 20.1. The number of hydrogen-bond donors (Lipinski definition) is 2. The van der Waals surface area contributed by atoms with Gasteiger partial charge in [0, 0.05) is 19.0 Å². The third-order valence-corrected chi connectivity index (χ3v) is 3.81. The number of benzene rings is 1. The molecule has 2 atom stereocenters. The van der Waals surface area contributed by atoms with Gasteiger partial charge in [0.05, 0.1) is 5.92 Å². The smallest absolute Gasteiger partial charge is 0.225 e. The quantitative estimate of drug-likeness (QED) is 0.875. The predicted octanol–water partition coefficient (Wildman–Crippen LogP) is 1.57. The molecule has 1 fully saturated rings. The van der Waals surface area contributed by atoms with E-state index in [1.807, 2.05) is 19.1 Å². The van der Waals surface area contributed by atoms with Crippen LogP contribution in [0.15, 0.2) is 24.3 Å². The van der Waals surface area contributed by atoms with Gasteiger partial charge in [0.2, 0.25) is 11.8 Å². The van der Waals surface area contributed by atoms with Gasteiger partial charge in [0.1, 0.15) is 0 Å². The van der Waals surface area contributed by atoms with Gasteiger partial charge < -0.3 is 10.6 Å². The fraction of sp³-hybridized carbons (Fsp3) is 0.500. The molecule has 0 spiro atoms. The average molecular weight is 274 g/mol. The number of carbonyl (C=O) groups is 2. The summed E-state index contributed by atoms with van der Waals surface area (Å²) < 4.78 is 0.